The number of fused-ring (bicyclic) bond motifs is 2. The number of hydrogen-bond donors (Lipinski definition) is 0. The Hall–Kier alpha value is -0.790. The lowest BCUT2D eigenvalue weighted by Gasteiger charge is -2.48. The number of carbonyl (C=O) groups excluding carboxylic acids is 1. The molecule has 0 aromatic rings. The van der Waals surface area contributed by atoms with Crippen molar-refractivity contribution in [2.75, 3.05) is 0 Å². The van der Waals surface area contributed by atoms with Crippen molar-refractivity contribution in [2.45, 2.75) is 71.3 Å². The van der Waals surface area contributed by atoms with Crippen molar-refractivity contribution in [3.63, 3.8) is 0 Å². The fourth-order valence-corrected chi connectivity index (χ4v) is 5.74. The number of esters is 1. The fraction of sp³-hybridized carbons (Fsp3) is 0.842. The normalized spacial score (nSPS) is 45.6. The molecule has 5 atom stereocenters. The third-order valence-electron chi connectivity index (χ3n) is 6.25. The van der Waals surface area contributed by atoms with Gasteiger partial charge in [-0.1, -0.05) is 26.8 Å². The molecule has 0 aliphatic heterocycles. The van der Waals surface area contributed by atoms with Gasteiger partial charge in [0.05, 0.1) is 0 Å². The van der Waals surface area contributed by atoms with Crippen LogP contribution in [0, 0.1) is 29.6 Å². The van der Waals surface area contributed by atoms with Gasteiger partial charge in [0.15, 0.2) is 0 Å². The van der Waals surface area contributed by atoms with Gasteiger partial charge in [-0.05, 0) is 69.1 Å². The van der Waals surface area contributed by atoms with Gasteiger partial charge < -0.3 is 4.74 Å². The van der Waals surface area contributed by atoms with Gasteiger partial charge in [-0.2, -0.15) is 0 Å². The standard InChI is InChI=1S/C19H30O2/c1-12(2)18(20)21-19(10-13(3)7-14(4)11-19)17-9-15-5-6-16(17)8-15/h13-17H,1,5-11H2,2-4H3. The summed E-state index contributed by atoms with van der Waals surface area (Å²) in [6, 6.07) is 0. The maximum Gasteiger partial charge on any atom is 0.333 e. The van der Waals surface area contributed by atoms with Gasteiger partial charge in [-0.15, -0.1) is 0 Å². The Bertz CT molecular complexity index is 429. The molecule has 0 aromatic heterocycles. The summed E-state index contributed by atoms with van der Waals surface area (Å²) in [6.45, 7) is 10.2. The highest BCUT2D eigenvalue weighted by Crippen LogP contribution is 2.57. The molecule has 0 spiro atoms. The summed E-state index contributed by atoms with van der Waals surface area (Å²) in [7, 11) is 0. The molecule has 3 rings (SSSR count). The van der Waals surface area contributed by atoms with E-state index in [-0.39, 0.29) is 11.6 Å². The number of ether oxygens (including phenoxy) is 1. The first-order valence-corrected chi connectivity index (χ1v) is 8.78. The van der Waals surface area contributed by atoms with E-state index in [2.05, 4.69) is 20.4 Å². The van der Waals surface area contributed by atoms with Gasteiger partial charge in [0, 0.05) is 11.5 Å². The first-order chi connectivity index (χ1) is 9.89. The topological polar surface area (TPSA) is 26.3 Å². The second-order valence-corrected chi connectivity index (χ2v) is 8.37. The average molecular weight is 290 g/mol. The van der Waals surface area contributed by atoms with Gasteiger partial charge >= 0.3 is 5.97 Å². The highest BCUT2D eigenvalue weighted by atomic mass is 16.6. The van der Waals surface area contributed by atoms with E-state index in [1.165, 1.54) is 32.1 Å². The summed E-state index contributed by atoms with van der Waals surface area (Å²) in [5, 5.41) is 0. The lowest BCUT2D eigenvalue weighted by molar-refractivity contribution is -0.175. The highest BCUT2D eigenvalue weighted by molar-refractivity contribution is 5.87. The zero-order valence-electron chi connectivity index (χ0n) is 13.9. The molecule has 0 amide bonds. The van der Waals surface area contributed by atoms with Crippen LogP contribution in [0.3, 0.4) is 0 Å². The first kappa shape index (κ1) is 15.1. The fourth-order valence-electron chi connectivity index (χ4n) is 5.74. The zero-order valence-corrected chi connectivity index (χ0v) is 13.9. The Morgan fingerprint density at radius 2 is 1.76 bits per heavy atom. The molecule has 21 heavy (non-hydrogen) atoms. The van der Waals surface area contributed by atoms with E-state index in [1.54, 1.807) is 6.92 Å². The zero-order chi connectivity index (χ0) is 15.2. The van der Waals surface area contributed by atoms with Crippen molar-refractivity contribution in [2.24, 2.45) is 29.6 Å². The first-order valence-electron chi connectivity index (χ1n) is 8.78. The minimum Gasteiger partial charge on any atom is -0.455 e. The summed E-state index contributed by atoms with van der Waals surface area (Å²) in [5.41, 5.74) is 0.343. The average Bonchev–Trinajstić information content (AvgIpc) is 2.99. The molecular formula is C19H30O2. The molecule has 0 N–H and O–H groups in total. The Kier molecular flexibility index (Phi) is 3.92. The van der Waals surface area contributed by atoms with Gasteiger partial charge in [0.1, 0.15) is 5.60 Å². The van der Waals surface area contributed by atoms with Crippen LogP contribution < -0.4 is 0 Å². The smallest absolute Gasteiger partial charge is 0.333 e. The summed E-state index contributed by atoms with van der Waals surface area (Å²) >= 11 is 0. The third-order valence-corrected chi connectivity index (χ3v) is 6.25. The third kappa shape index (κ3) is 2.78. The second-order valence-electron chi connectivity index (χ2n) is 8.37. The molecule has 3 aliphatic rings. The van der Waals surface area contributed by atoms with Crippen molar-refractivity contribution in [3.8, 4) is 0 Å². The molecule has 118 valence electrons. The molecule has 3 fully saturated rings. The Morgan fingerprint density at radius 1 is 1.10 bits per heavy atom. The van der Waals surface area contributed by atoms with Crippen LogP contribution in [-0.4, -0.2) is 11.6 Å². The maximum absolute atomic E-state index is 12.3. The van der Waals surface area contributed by atoms with Gasteiger partial charge in [-0.25, -0.2) is 4.79 Å². The van der Waals surface area contributed by atoms with Crippen LogP contribution in [0.15, 0.2) is 12.2 Å². The molecule has 2 heteroatoms. The summed E-state index contributed by atoms with van der Waals surface area (Å²) in [6.07, 6.45) is 8.80. The monoisotopic (exact) mass is 290 g/mol. The largest absolute Gasteiger partial charge is 0.455 e. The van der Waals surface area contributed by atoms with Gasteiger partial charge in [0.25, 0.3) is 0 Å². The minimum atomic E-state index is -0.201. The van der Waals surface area contributed by atoms with Crippen LogP contribution in [0.25, 0.3) is 0 Å². The maximum atomic E-state index is 12.3. The van der Waals surface area contributed by atoms with E-state index in [1.807, 2.05) is 0 Å². The van der Waals surface area contributed by atoms with Crippen LogP contribution in [0.5, 0.6) is 0 Å². The van der Waals surface area contributed by atoms with Crippen molar-refractivity contribution in [1.82, 2.24) is 0 Å². The van der Waals surface area contributed by atoms with E-state index in [0.717, 1.165) is 24.7 Å². The summed E-state index contributed by atoms with van der Waals surface area (Å²) in [4.78, 5) is 12.3. The number of carbonyl (C=O) groups is 1. The molecule has 2 bridgehead atoms. The quantitative estimate of drug-likeness (QED) is 0.554. The molecule has 2 nitrogen and oxygen atoms in total. The molecule has 0 heterocycles. The molecule has 3 saturated carbocycles. The van der Waals surface area contributed by atoms with E-state index >= 15 is 0 Å². The Balaban J connectivity index is 1.86. The van der Waals surface area contributed by atoms with E-state index in [4.69, 9.17) is 4.74 Å². The van der Waals surface area contributed by atoms with Crippen LogP contribution in [0.4, 0.5) is 0 Å². The lowest BCUT2D eigenvalue weighted by atomic mass is 9.64. The van der Waals surface area contributed by atoms with Crippen molar-refractivity contribution in [1.29, 1.82) is 0 Å². The van der Waals surface area contributed by atoms with Crippen LogP contribution in [0.1, 0.15) is 65.7 Å². The molecular weight excluding hydrogens is 260 g/mol. The van der Waals surface area contributed by atoms with Crippen molar-refractivity contribution in [3.05, 3.63) is 12.2 Å². The van der Waals surface area contributed by atoms with Crippen LogP contribution in [-0.2, 0) is 9.53 Å². The molecule has 0 radical (unpaired) electrons. The number of hydrogen-bond acceptors (Lipinski definition) is 2. The molecule has 0 saturated heterocycles. The highest BCUT2D eigenvalue weighted by Gasteiger charge is 2.54. The van der Waals surface area contributed by atoms with Gasteiger partial charge in [-0.3, -0.25) is 0 Å². The Morgan fingerprint density at radius 3 is 2.24 bits per heavy atom. The van der Waals surface area contributed by atoms with E-state index < -0.39 is 0 Å². The van der Waals surface area contributed by atoms with Crippen molar-refractivity contribution < 1.29 is 9.53 Å². The molecule has 5 unspecified atom stereocenters. The van der Waals surface area contributed by atoms with Crippen molar-refractivity contribution >= 4 is 5.97 Å². The van der Waals surface area contributed by atoms with E-state index in [0.29, 0.717) is 23.3 Å². The summed E-state index contributed by atoms with van der Waals surface area (Å²) in [5.74, 6) is 3.44. The van der Waals surface area contributed by atoms with E-state index in [9.17, 15) is 4.79 Å². The van der Waals surface area contributed by atoms with Gasteiger partial charge in [0.2, 0.25) is 0 Å². The van der Waals surface area contributed by atoms with Crippen LogP contribution in [0.2, 0.25) is 0 Å². The summed E-state index contributed by atoms with van der Waals surface area (Å²) < 4.78 is 6.18. The van der Waals surface area contributed by atoms with Crippen LogP contribution >= 0.6 is 0 Å². The minimum absolute atomic E-state index is 0.168. The number of rotatable bonds is 3. The lowest BCUT2D eigenvalue weighted by Crippen LogP contribution is -2.50. The Labute approximate surface area is 129 Å². The molecule has 3 aliphatic carbocycles. The predicted molar refractivity (Wildman–Crippen MR) is 84.8 cm³/mol. The molecule has 0 aromatic carbocycles. The second kappa shape index (κ2) is 5.44. The predicted octanol–water partition coefficient (Wildman–Crippen LogP) is 4.74. The SMILES string of the molecule is C=C(C)C(=O)OC1(C2CC3CCC2C3)CC(C)CC(C)C1.